The molecule has 0 unspecified atom stereocenters. The topological polar surface area (TPSA) is 109 Å². The van der Waals surface area contributed by atoms with E-state index in [1.165, 1.54) is 0 Å². The molecule has 9 nitrogen and oxygen atoms in total. The number of amides is 2. The van der Waals surface area contributed by atoms with Crippen LogP contribution >= 0.6 is 0 Å². The molecule has 0 radical (unpaired) electrons. The minimum Gasteiger partial charge on any atom is -0.337 e. The maximum atomic E-state index is 12.9. The lowest BCUT2D eigenvalue weighted by Crippen LogP contribution is -2.47. The van der Waals surface area contributed by atoms with Crippen LogP contribution < -0.4 is 10.2 Å². The number of rotatable bonds is 5. The van der Waals surface area contributed by atoms with E-state index >= 15 is 0 Å². The number of hydrogen-bond acceptors (Lipinski definition) is 5. The van der Waals surface area contributed by atoms with Crippen molar-refractivity contribution in [3.63, 3.8) is 0 Å². The van der Waals surface area contributed by atoms with Gasteiger partial charge in [0.25, 0.3) is 11.8 Å². The highest BCUT2D eigenvalue weighted by Gasteiger charge is 2.34. The second-order valence-electron chi connectivity index (χ2n) is 7.90. The Labute approximate surface area is 173 Å². The minimum absolute atomic E-state index is 0.0365. The number of carbonyl (C=O) groups is 2. The third-order valence-corrected chi connectivity index (χ3v) is 5.63. The molecule has 1 aliphatic carbocycles. The molecule has 3 heterocycles. The monoisotopic (exact) mass is 405 g/mol. The second-order valence-corrected chi connectivity index (χ2v) is 7.90. The smallest absolute Gasteiger partial charge is 0.291 e. The Morgan fingerprint density at radius 3 is 2.80 bits per heavy atom. The van der Waals surface area contributed by atoms with E-state index in [0.717, 1.165) is 29.9 Å². The SMILES string of the molecule is CN1C(=O)[C@@H](NC(=O)c2n[nH]c(Cc3ccccc3)n2)CCn2nc(C3CC3)cc21. The van der Waals surface area contributed by atoms with Crippen LogP contribution in [-0.2, 0) is 17.8 Å². The first-order valence-electron chi connectivity index (χ1n) is 10.2. The molecule has 1 fully saturated rings. The number of hydrogen-bond donors (Lipinski definition) is 2. The van der Waals surface area contributed by atoms with Crippen LogP contribution in [0.15, 0.2) is 36.4 Å². The normalized spacial score (nSPS) is 18.8. The fourth-order valence-electron chi connectivity index (χ4n) is 3.78. The van der Waals surface area contributed by atoms with Crippen molar-refractivity contribution in [2.75, 3.05) is 11.9 Å². The molecule has 30 heavy (non-hydrogen) atoms. The number of aromatic nitrogens is 5. The summed E-state index contributed by atoms with van der Waals surface area (Å²) < 4.78 is 1.86. The van der Waals surface area contributed by atoms with Crippen molar-refractivity contribution in [2.45, 2.75) is 44.2 Å². The van der Waals surface area contributed by atoms with E-state index in [2.05, 4.69) is 25.6 Å². The molecular formula is C21H23N7O2. The third kappa shape index (κ3) is 3.58. The summed E-state index contributed by atoms with van der Waals surface area (Å²) in [7, 11) is 1.72. The Morgan fingerprint density at radius 2 is 2.03 bits per heavy atom. The van der Waals surface area contributed by atoms with Crippen molar-refractivity contribution in [1.82, 2.24) is 30.3 Å². The number of anilines is 1. The molecule has 1 saturated carbocycles. The van der Waals surface area contributed by atoms with E-state index in [1.807, 2.05) is 41.1 Å². The van der Waals surface area contributed by atoms with Gasteiger partial charge < -0.3 is 5.32 Å². The number of nitrogens with one attached hydrogen (secondary N) is 2. The Hall–Kier alpha value is -3.49. The second kappa shape index (κ2) is 7.40. The lowest BCUT2D eigenvalue weighted by molar-refractivity contribution is -0.120. The highest BCUT2D eigenvalue weighted by atomic mass is 16.2. The summed E-state index contributed by atoms with van der Waals surface area (Å²) in [4.78, 5) is 31.5. The summed E-state index contributed by atoms with van der Waals surface area (Å²) in [5.41, 5.74) is 2.12. The van der Waals surface area contributed by atoms with Gasteiger partial charge >= 0.3 is 0 Å². The molecule has 1 atom stereocenters. The van der Waals surface area contributed by atoms with E-state index < -0.39 is 11.9 Å². The van der Waals surface area contributed by atoms with E-state index in [1.54, 1.807) is 11.9 Å². The zero-order valence-electron chi connectivity index (χ0n) is 16.7. The summed E-state index contributed by atoms with van der Waals surface area (Å²) >= 11 is 0. The first-order valence-corrected chi connectivity index (χ1v) is 10.2. The molecule has 154 valence electrons. The fraction of sp³-hybridized carbons (Fsp3) is 0.381. The van der Waals surface area contributed by atoms with Crippen LogP contribution in [0.3, 0.4) is 0 Å². The Bertz CT molecular complexity index is 1080. The standard InChI is InChI=1S/C21H23N7O2/c1-27-18-12-16(14-7-8-14)26-28(18)10-9-15(21(27)30)22-20(29)19-23-17(24-25-19)11-13-5-3-2-4-6-13/h2-6,12,14-15H,7-11H2,1H3,(H,22,29)(H,23,24,25)/t15-/m0/s1. The zero-order valence-corrected chi connectivity index (χ0v) is 16.7. The van der Waals surface area contributed by atoms with Crippen molar-refractivity contribution in [2.24, 2.45) is 0 Å². The van der Waals surface area contributed by atoms with Gasteiger partial charge in [-0.2, -0.15) is 5.10 Å². The van der Waals surface area contributed by atoms with Gasteiger partial charge in [0.05, 0.1) is 5.69 Å². The molecule has 0 saturated heterocycles. The largest absolute Gasteiger partial charge is 0.337 e. The minimum atomic E-state index is -0.648. The lowest BCUT2D eigenvalue weighted by Gasteiger charge is -2.19. The fourth-order valence-corrected chi connectivity index (χ4v) is 3.78. The van der Waals surface area contributed by atoms with E-state index in [9.17, 15) is 9.59 Å². The highest BCUT2D eigenvalue weighted by molar-refractivity contribution is 6.00. The van der Waals surface area contributed by atoms with E-state index in [-0.39, 0.29) is 11.7 Å². The Kier molecular flexibility index (Phi) is 4.57. The number of aryl methyl sites for hydroxylation is 1. The summed E-state index contributed by atoms with van der Waals surface area (Å²) in [6.07, 6.45) is 3.34. The van der Waals surface area contributed by atoms with Crippen molar-refractivity contribution in [3.8, 4) is 0 Å². The van der Waals surface area contributed by atoms with Gasteiger partial charge in [0.2, 0.25) is 5.82 Å². The van der Waals surface area contributed by atoms with Crippen molar-refractivity contribution < 1.29 is 9.59 Å². The van der Waals surface area contributed by atoms with Crippen LogP contribution in [-0.4, -0.2) is 49.9 Å². The van der Waals surface area contributed by atoms with Crippen LogP contribution in [0.25, 0.3) is 0 Å². The first-order chi connectivity index (χ1) is 14.6. The van der Waals surface area contributed by atoms with Crippen molar-refractivity contribution in [1.29, 1.82) is 0 Å². The highest BCUT2D eigenvalue weighted by Crippen LogP contribution is 2.40. The zero-order chi connectivity index (χ0) is 20.7. The van der Waals surface area contributed by atoms with Crippen LogP contribution in [0.4, 0.5) is 5.82 Å². The maximum Gasteiger partial charge on any atom is 0.291 e. The predicted octanol–water partition coefficient (Wildman–Crippen LogP) is 1.63. The molecule has 5 rings (SSSR count). The van der Waals surface area contributed by atoms with Gasteiger partial charge in [0.1, 0.15) is 17.7 Å². The molecule has 0 bridgehead atoms. The number of benzene rings is 1. The van der Waals surface area contributed by atoms with Gasteiger partial charge in [0, 0.05) is 32.0 Å². The van der Waals surface area contributed by atoms with Crippen LogP contribution in [0.1, 0.15) is 52.9 Å². The molecular weight excluding hydrogens is 382 g/mol. The summed E-state index contributed by atoms with van der Waals surface area (Å²) in [6.45, 7) is 0.566. The molecule has 2 aromatic heterocycles. The van der Waals surface area contributed by atoms with Gasteiger partial charge in [0.15, 0.2) is 0 Å². The quantitative estimate of drug-likeness (QED) is 0.671. The van der Waals surface area contributed by atoms with Crippen LogP contribution in [0.5, 0.6) is 0 Å². The molecule has 0 spiro atoms. The average Bonchev–Trinajstić information content (AvgIpc) is 3.37. The summed E-state index contributed by atoms with van der Waals surface area (Å²) in [5, 5.41) is 14.3. The number of H-pyrrole nitrogens is 1. The molecule has 2 N–H and O–H groups in total. The molecule has 1 aliphatic heterocycles. The van der Waals surface area contributed by atoms with E-state index in [0.29, 0.717) is 31.1 Å². The van der Waals surface area contributed by atoms with Gasteiger partial charge in [-0.05, 0) is 24.8 Å². The Balaban J connectivity index is 1.26. The van der Waals surface area contributed by atoms with Crippen molar-refractivity contribution >= 4 is 17.6 Å². The number of likely N-dealkylation sites (N-methyl/N-ethyl adjacent to an activating group) is 1. The number of aromatic amines is 1. The molecule has 9 heteroatoms. The summed E-state index contributed by atoms with van der Waals surface area (Å²) in [5.74, 6) is 1.32. The molecule has 1 aromatic carbocycles. The number of fused-ring (bicyclic) bond motifs is 1. The predicted molar refractivity (Wildman–Crippen MR) is 109 cm³/mol. The Morgan fingerprint density at radius 1 is 1.23 bits per heavy atom. The average molecular weight is 405 g/mol. The first kappa shape index (κ1) is 18.5. The number of nitrogens with zero attached hydrogens (tertiary/aromatic N) is 5. The van der Waals surface area contributed by atoms with Gasteiger partial charge in [-0.3, -0.25) is 19.6 Å². The molecule has 2 amide bonds. The molecule has 3 aromatic rings. The van der Waals surface area contributed by atoms with Gasteiger partial charge in [-0.15, -0.1) is 5.10 Å². The van der Waals surface area contributed by atoms with Gasteiger partial charge in [-0.1, -0.05) is 30.3 Å². The third-order valence-electron chi connectivity index (χ3n) is 5.63. The molecule has 2 aliphatic rings. The van der Waals surface area contributed by atoms with Crippen LogP contribution in [0.2, 0.25) is 0 Å². The number of carbonyl (C=O) groups excluding carboxylic acids is 2. The van der Waals surface area contributed by atoms with E-state index in [4.69, 9.17) is 0 Å². The summed E-state index contributed by atoms with van der Waals surface area (Å²) in [6, 6.07) is 11.2. The van der Waals surface area contributed by atoms with Gasteiger partial charge in [-0.25, -0.2) is 9.67 Å². The lowest BCUT2D eigenvalue weighted by atomic mass is 10.1. The maximum absolute atomic E-state index is 12.9. The van der Waals surface area contributed by atoms with Crippen molar-refractivity contribution in [3.05, 3.63) is 59.3 Å². The van der Waals surface area contributed by atoms with Crippen LogP contribution in [0, 0.1) is 0 Å².